The summed E-state index contributed by atoms with van der Waals surface area (Å²) in [6.45, 7) is 8.18. The number of esters is 1. The van der Waals surface area contributed by atoms with Gasteiger partial charge in [0.15, 0.2) is 0 Å². The molecule has 2 N–H and O–H groups in total. The molecule has 0 amide bonds. The van der Waals surface area contributed by atoms with Gasteiger partial charge < -0.3 is 10.5 Å². The molecule has 3 unspecified atom stereocenters. The molecule has 3 atom stereocenters. The molecule has 0 radical (unpaired) electrons. The van der Waals surface area contributed by atoms with E-state index in [0.717, 1.165) is 19.4 Å². The summed E-state index contributed by atoms with van der Waals surface area (Å²) in [5, 5.41) is 0. The van der Waals surface area contributed by atoms with Crippen LogP contribution >= 0.6 is 0 Å². The van der Waals surface area contributed by atoms with Crippen molar-refractivity contribution in [1.29, 1.82) is 0 Å². The van der Waals surface area contributed by atoms with Gasteiger partial charge in [0.1, 0.15) is 6.04 Å². The minimum atomic E-state index is -0.0979. The Morgan fingerprint density at radius 1 is 1.47 bits per heavy atom. The van der Waals surface area contributed by atoms with Crippen molar-refractivity contribution < 1.29 is 9.53 Å². The van der Waals surface area contributed by atoms with E-state index in [4.69, 9.17) is 10.5 Å². The van der Waals surface area contributed by atoms with Crippen molar-refractivity contribution in [2.75, 3.05) is 19.7 Å². The minimum Gasteiger partial charge on any atom is -0.465 e. The second-order valence-corrected chi connectivity index (χ2v) is 4.90. The summed E-state index contributed by atoms with van der Waals surface area (Å²) in [5.74, 6) is 0.439. The number of carbonyl (C=O) groups is 1. The van der Waals surface area contributed by atoms with Crippen molar-refractivity contribution >= 4 is 5.97 Å². The number of hydrogen-bond acceptors (Lipinski definition) is 4. The molecule has 0 aromatic heterocycles. The number of nitrogens with zero attached hydrogens (tertiary/aromatic N) is 1. The van der Waals surface area contributed by atoms with E-state index in [1.807, 2.05) is 13.8 Å². The average Bonchev–Trinajstić information content (AvgIpc) is 2.33. The summed E-state index contributed by atoms with van der Waals surface area (Å²) < 4.78 is 5.15. The third kappa shape index (κ3) is 3.68. The first-order valence-corrected chi connectivity index (χ1v) is 6.76. The molecule has 1 rings (SSSR count). The Labute approximate surface area is 104 Å². The van der Waals surface area contributed by atoms with Gasteiger partial charge in [-0.2, -0.15) is 0 Å². The summed E-state index contributed by atoms with van der Waals surface area (Å²) >= 11 is 0. The first kappa shape index (κ1) is 14.5. The monoisotopic (exact) mass is 242 g/mol. The molecule has 17 heavy (non-hydrogen) atoms. The van der Waals surface area contributed by atoms with Crippen LogP contribution in [0.15, 0.2) is 0 Å². The van der Waals surface area contributed by atoms with E-state index in [2.05, 4.69) is 11.8 Å². The molecule has 100 valence electrons. The molecule has 1 saturated heterocycles. The average molecular weight is 242 g/mol. The highest BCUT2D eigenvalue weighted by Crippen LogP contribution is 2.24. The normalized spacial score (nSPS) is 27.8. The van der Waals surface area contributed by atoms with Gasteiger partial charge in [0.2, 0.25) is 0 Å². The Morgan fingerprint density at radius 3 is 2.71 bits per heavy atom. The first-order chi connectivity index (χ1) is 8.13. The molecule has 0 saturated carbocycles. The quantitative estimate of drug-likeness (QED) is 0.740. The third-order valence-electron chi connectivity index (χ3n) is 3.71. The molecule has 0 bridgehead atoms. The maximum absolute atomic E-state index is 11.9. The molecule has 1 fully saturated rings. The second-order valence-electron chi connectivity index (χ2n) is 4.90. The lowest BCUT2D eigenvalue weighted by Gasteiger charge is -2.41. The predicted molar refractivity (Wildman–Crippen MR) is 68.7 cm³/mol. The lowest BCUT2D eigenvalue weighted by molar-refractivity contribution is -0.151. The Morgan fingerprint density at radius 2 is 2.18 bits per heavy atom. The maximum Gasteiger partial charge on any atom is 0.323 e. The smallest absolute Gasteiger partial charge is 0.323 e. The van der Waals surface area contributed by atoms with Gasteiger partial charge in [0.25, 0.3) is 0 Å². The van der Waals surface area contributed by atoms with Crippen LogP contribution in [0.2, 0.25) is 0 Å². The molecule has 1 aliphatic rings. The van der Waals surface area contributed by atoms with Gasteiger partial charge >= 0.3 is 5.97 Å². The van der Waals surface area contributed by atoms with Crippen LogP contribution in [0.25, 0.3) is 0 Å². The topological polar surface area (TPSA) is 55.6 Å². The molecular weight excluding hydrogens is 216 g/mol. The maximum atomic E-state index is 11.9. The van der Waals surface area contributed by atoms with E-state index in [1.165, 1.54) is 6.42 Å². The summed E-state index contributed by atoms with van der Waals surface area (Å²) in [5.41, 5.74) is 5.74. The Bertz CT molecular complexity index is 246. The molecule has 0 aliphatic carbocycles. The van der Waals surface area contributed by atoms with Crippen molar-refractivity contribution in [3.8, 4) is 0 Å². The number of rotatable bonds is 5. The number of likely N-dealkylation sites (tertiary alicyclic amines) is 1. The molecule has 4 heteroatoms. The highest BCUT2D eigenvalue weighted by Gasteiger charge is 2.33. The van der Waals surface area contributed by atoms with Crippen LogP contribution in [-0.2, 0) is 9.53 Å². The van der Waals surface area contributed by atoms with Crippen molar-refractivity contribution in [3.63, 3.8) is 0 Å². The minimum absolute atomic E-state index is 0.0838. The molecule has 1 heterocycles. The SMILES string of the molecule is CCOC(=O)C(CC)N1CC(CN)CCC1C. The molecular formula is C13H26N2O2. The Balaban J connectivity index is 2.67. The van der Waals surface area contributed by atoms with E-state index in [0.29, 0.717) is 25.1 Å². The van der Waals surface area contributed by atoms with Gasteiger partial charge in [-0.15, -0.1) is 0 Å². The van der Waals surface area contributed by atoms with Crippen LogP contribution in [0.5, 0.6) is 0 Å². The van der Waals surface area contributed by atoms with E-state index in [9.17, 15) is 4.79 Å². The van der Waals surface area contributed by atoms with E-state index < -0.39 is 0 Å². The third-order valence-corrected chi connectivity index (χ3v) is 3.71. The Kier molecular flexibility index (Phi) is 5.92. The largest absolute Gasteiger partial charge is 0.465 e. The zero-order valence-corrected chi connectivity index (χ0v) is 11.3. The van der Waals surface area contributed by atoms with Crippen LogP contribution < -0.4 is 5.73 Å². The molecule has 0 aromatic rings. The molecule has 4 nitrogen and oxygen atoms in total. The van der Waals surface area contributed by atoms with Gasteiger partial charge in [-0.25, -0.2) is 0 Å². The van der Waals surface area contributed by atoms with Crippen LogP contribution in [0, 0.1) is 5.92 Å². The van der Waals surface area contributed by atoms with Gasteiger partial charge in [-0.1, -0.05) is 6.92 Å². The van der Waals surface area contributed by atoms with E-state index in [-0.39, 0.29) is 12.0 Å². The van der Waals surface area contributed by atoms with Crippen molar-refractivity contribution in [3.05, 3.63) is 0 Å². The van der Waals surface area contributed by atoms with E-state index >= 15 is 0 Å². The lowest BCUT2D eigenvalue weighted by Crippen LogP contribution is -2.52. The molecule has 0 aromatic carbocycles. The fraction of sp³-hybridized carbons (Fsp3) is 0.923. The molecule has 0 spiro atoms. The Hall–Kier alpha value is -0.610. The van der Waals surface area contributed by atoms with Crippen LogP contribution in [0.1, 0.15) is 40.0 Å². The van der Waals surface area contributed by atoms with Gasteiger partial charge in [-0.05, 0) is 45.6 Å². The van der Waals surface area contributed by atoms with Crippen molar-refractivity contribution in [1.82, 2.24) is 4.90 Å². The fourth-order valence-corrected chi connectivity index (χ4v) is 2.61. The van der Waals surface area contributed by atoms with Gasteiger partial charge in [0, 0.05) is 12.6 Å². The number of hydrogen-bond donors (Lipinski definition) is 1. The number of carbonyl (C=O) groups excluding carboxylic acids is 1. The standard InChI is InChI=1S/C13H26N2O2/c1-4-12(13(16)17-5-2)15-9-11(8-14)7-6-10(15)3/h10-12H,4-9,14H2,1-3H3. The van der Waals surface area contributed by atoms with Gasteiger partial charge in [-0.3, -0.25) is 9.69 Å². The van der Waals surface area contributed by atoms with Crippen LogP contribution in [-0.4, -0.2) is 42.6 Å². The lowest BCUT2D eigenvalue weighted by atomic mass is 9.91. The van der Waals surface area contributed by atoms with Crippen LogP contribution in [0.3, 0.4) is 0 Å². The zero-order valence-electron chi connectivity index (χ0n) is 11.3. The summed E-state index contributed by atoms with van der Waals surface area (Å²) in [4.78, 5) is 14.2. The first-order valence-electron chi connectivity index (χ1n) is 6.76. The summed E-state index contributed by atoms with van der Waals surface area (Å²) in [7, 11) is 0. The fourth-order valence-electron chi connectivity index (χ4n) is 2.61. The van der Waals surface area contributed by atoms with Crippen LogP contribution in [0.4, 0.5) is 0 Å². The van der Waals surface area contributed by atoms with E-state index in [1.54, 1.807) is 0 Å². The van der Waals surface area contributed by atoms with Gasteiger partial charge in [0.05, 0.1) is 6.61 Å². The predicted octanol–water partition coefficient (Wildman–Crippen LogP) is 1.39. The summed E-state index contributed by atoms with van der Waals surface area (Å²) in [6.07, 6.45) is 3.10. The summed E-state index contributed by atoms with van der Waals surface area (Å²) in [6, 6.07) is 0.353. The zero-order chi connectivity index (χ0) is 12.8. The highest BCUT2D eigenvalue weighted by atomic mass is 16.5. The second kappa shape index (κ2) is 6.97. The number of piperidine rings is 1. The number of ether oxygens (including phenoxy) is 1. The highest BCUT2D eigenvalue weighted by molar-refractivity contribution is 5.75. The number of nitrogens with two attached hydrogens (primary N) is 1. The molecule has 1 aliphatic heterocycles. The van der Waals surface area contributed by atoms with Crippen molar-refractivity contribution in [2.24, 2.45) is 11.7 Å². The van der Waals surface area contributed by atoms with Crippen molar-refractivity contribution in [2.45, 2.75) is 52.1 Å².